The fraction of sp³-hybridized carbons (Fsp3) is 0.250. The second kappa shape index (κ2) is 8.82. The van der Waals surface area contributed by atoms with Crippen LogP contribution in [0.3, 0.4) is 0 Å². The number of para-hydroxylation sites is 1. The third kappa shape index (κ3) is 3.92. The molecule has 0 unspecified atom stereocenters. The molecule has 0 aliphatic carbocycles. The van der Waals surface area contributed by atoms with Gasteiger partial charge in [0.25, 0.3) is 5.69 Å². The molecule has 8 heteroatoms. The van der Waals surface area contributed by atoms with Crippen LogP contribution in [0.15, 0.2) is 89.8 Å². The second-order valence-electron chi connectivity index (χ2n) is 7.90. The third-order valence-corrected chi connectivity index (χ3v) is 8.10. The Morgan fingerprint density at radius 3 is 1.81 bits per heavy atom. The van der Waals surface area contributed by atoms with Crippen LogP contribution in [0, 0.1) is 16.0 Å². The molecular weight excluding hydrogens is 428 g/mol. The van der Waals surface area contributed by atoms with Crippen molar-refractivity contribution in [3.8, 4) is 0 Å². The number of nitrogens with zero attached hydrogens (tertiary/aromatic N) is 2. The van der Waals surface area contributed by atoms with E-state index < -0.39 is 26.2 Å². The second-order valence-corrected chi connectivity index (χ2v) is 9.81. The molecule has 0 aromatic heterocycles. The zero-order valence-corrected chi connectivity index (χ0v) is 18.2. The zero-order chi connectivity index (χ0) is 22.8. The monoisotopic (exact) mass is 452 g/mol. The van der Waals surface area contributed by atoms with Gasteiger partial charge < -0.3 is 5.11 Å². The maximum Gasteiger partial charge on any atom is 0.289 e. The Labute approximate surface area is 187 Å². The highest BCUT2D eigenvalue weighted by molar-refractivity contribution is 7.89. The van der Waals surface area contributed by atoms with Crippen LogP contribution in [0.1, 0.15) is 24.0 Å². The number of sulfonamides is 1. The summed E-state index contributed by atoms with van der Waals surface area (Å²) in [6, 6.07) is 24.2. The van der Waals surface area contributed by atoms with Crippen LogP contribution in [-0.4, -0.2) is 35.8 Å². The lowest BCUT2D eigenvalue weighted by molar-refractivity contribution is -0.387. The van der Waals surface area contributed by atoms with E-state index in [1.54, 1.807) is 0 Å². The van der Waals surface area contributed by atoms with Crippen molar-refractivity contribution in [2.45, 2.75) is 23.3 Å². The van der Waals surface area contributed by atoms with Gasteiger partial charge in [0.05, 0.1) is 4.92 Å². The summed E-state index contributed by atoms with van der Waals surface area (Å²) in [5.74, 6) is -0.218. The average molecular weight is 453 g/mol. The van der Waals surface area contributed by atoms with Crippen molar-refractivity contribution in [3.05, 3.63) is 106 Å². The molecule has 1 fully saturated rings. The minimum Gasteiger partial charge on any atom is -0.380 e. The standard InChI is InChI=1S/C24H24N2O5S/c27-24(19-9-3-1-4-10-19,20-11-5-2-6-12-20)21-15-17-25(18-16-21)32(30,31)23-14-8-7-13-22(23)26(28)29/h1-14,21,27H,15-18H2. The maximum absolute atomic E-state index is 13.2. The minimum atomic E-state index is -4.03. The quantitative estimate of drug-likeness (QED) is 0.451. The molecular formula is C24H24N2O5S. The summed E-state index contributed by atoms with van der Waals surface area (Å²) < 4.78 is 27.6. The lowest BCUT2D eigenvalue weighted by Gasteiger charge is -2.42. The first-order valence-corrected chi connectivity index (χ1v) is 11.9. The molecule has 1 aliphatic heterocycles. The molecule has 1 saturated heterocycles. The number of piperidine rings is 1. The van der Waals surface area contributed by atoms with E-state index in [0.29, 0.717) is 12.8 Å². The van der Waals surface area contributed by atoms with Crippen molar-refractivity contribution in [1.82, 2.24) is 4.31 Å². The average Bonchev–Trinajstić information content (AvgIpc) is 2.84. The van der Waals surface area contributed by atoms with Crippen molar-refractivity contribution in [3.63, 3.8) is 0 Å². The maximum atomic E-state index is 13.2. The van der Waals surface area contributed by atoms with Crippen LogP contribution in [0.4, 0.5) is 5.69 Å². The van der Waals surface area contributed by atoms with Crippen LogP contribution in [-0.2, 0) is 15.6 Å². The first-order valence-electron chi connectivity index (χ1n) is 10.4. The van der Waals surface area contributed by atoms with Gasteiger partial charge in [0.1, 0.15) is 5.60 Å². The van der Waals surface area contributed by atoms with Crippen LogP contribution < -0.4 is 0 Å². The molecule has 1 aliphatic rings. The van der Waals surface area contributed by atoms with E-state index in [4.69, 9.17) is 0 Å². The number of hydrogen-bond acceptors (Lipinski definition) is 5. The van der Waals surface area contributed by atoms with Gasteiger partial charge in [-0.05, 0) is 36.0 Å². The molecule has 0 radical (unpaired) electrons. The molecule has 4 rings (SSSR count). The predicted molar refractivity (Wildman–Crippen MR) is 120 cm³/mol. The smallest absolute Gasteiger partial charge is 0.289 e. The number of nitro benzene ring substituents is 1. The first kappa shape index (κ1) is 22.1. The number of aliphatic hydroxyl groups is 1. The summed E-state index contributed by atoms with van der Waals surface area (Å²) in [6.07, 6.45) is 0.834. The van der Waals surface area contributed by atoms with Gasteiger partial charge in [-0.2, -0.15) is 4.31 Å². The molecule has 0 spiro atoms. The fourth-order valence-corrected chi connectivity index (χ4v) is 6.13. The van der Waals surface area contributed by atoms with Crippen LogP contribution in [0.2, 0.25) is 0 Å². The van der Waals surface area contributed by atoms with E-state index in [0.717, 1.165) is 11.1 Å². The Morgan fingerprint density at radius 2 is 1.31 bits per heavy atom. The van der Waals surface area contributed by atoms with E-state index in [2.05, 4.69) is 0 Å². The molecule has 0 bridgehead atoms. The predicted octanol–water partition coefficient (Wildman–Crippen LogP) is 3.93. The van der Waals surface area contributed by atoms with Gasteiger partial charge in [0.2, 0.25) is 10.0 Å². The van der Waals surface area contributed by atoms with Crippen molar-refractivity contribution >= 4 is 15.7 Å². The number of benzene rings is 3. The van der Waals surface area contributed by atoms with Crippen molar-refractivity contribution in [1.29, 1.82) is 0 Å². The Bertz CT molecular complexity index is 1150. The van der Waals surface area contributed by atoms with Gasteiger partial charge in [0, 0.05) is 19.2 Å². The zero-order valence-electron chi connectivity index (χ0n) is 17.4. The molecule has 0 saturated carbocycles. The van der Waals surface area contributed by atoms with Gasteiger partial charge in [-0.15, -0.1) is 0 Å². The number of hydrogen-bond donors (Lipinski definition) is 1. The van der Waals surface area contributed by atoms with Gasteiger partial charge in [-0.25, -0.2) is 8.42 Å². The van der Waals surface area contributed by atoms with Crippen molar-refractivity contribution in [2.24, 2.45) is 5.92 Å². The summed E-state index contributed by atoms with van der Waals surface area (Å²) in [5, 5.41) is 23.3. The van der Waals surface area contributed by atoms with Crippen LogP contribution >= 0.6 is 0 Å². The molecule has 1 N–H and O–H groups in total. The molecule has 7 nitrogen and oxygen atoms in total. The Hall–Kier alpha value is -3.07. The highest BCUT2D eigenvalue weighted by Crippen LogP contribution is 2.42. The van der Waals surface area contributed by atoms with Crippen molar-refractivity contribution in [2.75, 3.05) is 13.1 Å². The van der Waals surface area contributed by atoms with Gasteiger partial charge in [-0.3, -0.25) is 10.1 Å². The Kier molecular flexibility index (Phi) is 6.10. The fourth-order valence-electron chi connectivity index (χ4n) is 4.50. The van der Waals surface area contributed by atoms with E-state index in [1.165, 1.54) is 28.6 Å². The van der Waals surface area contributed by atoms with Gasteiger partial charge in [-0.1, -0.05) is 72.8 Å². The Morgan fingerprint density at radius 1 is 0.844 bits per heavy atom. The number of rotatable bonds is 6. The van der Waals surface area contributed by atoms with Gasteiger partial charge >= 0.3 is 0 Å². The molecule has 166 valence electrons. The highest BCUT2D eigenvalue weighted by atomic mass is 32.2. The lowest BCUT2D eigenvalue weighted by Crippen LogP contribution is -2.46. The lowest BCUT2D eigenvalue weighted by atomic mass is 9.72. The third-order valence-electron chi connectivity index (χ3n) is 6.15. The summed E-state index contributed by atoms with van der Waals surface area (Å²) in [6.45, 7) is 0.335. The van der Waals surface area contributed by atoms with E-state index in [1.807, 2.05) is 60.7 Å². The molecule has 32 heavy (non-hydrogen) atoms. The normalized spacial score (nSPS) is 16.0. The highest BCUT2D eigenvalue weighted by Gasteiger charge is 2.43. The van der Waals surface area contributed by atoms with Gasteiger partial charge in [0.15, 0.2) is 4.90 Å². The largest absolute Gasteiger partial charge is 0.380 e. The molecule has 0 amide bonds. The van der Waals surface area contributed by atoms with Crippen LogP contribution in [0.5, 0.6) is 0 Å². The summed E-state index contributed by atoms with van der Waals surface area (Å²) >= 11 is 0. The summed E-state index contributed by atoms with van der Waals surface area (Å²) in [7, 11) is -4.03. The van der Waals surface area contributed by atoms with Crippen LogP contribution in [0.25, 0.3) is 0 Å². The molecule has 3 aromatic carbocycles. The number of nitro groups is 1. The first-order chi connectivity index (χ1) is 15.3. The van der Waals surface area contributed by atoms with E-state index >= 15 is 0 Å². The van der Waals surface area contributed by atoms with Crippen molar-refractivity contribution < 1.29 is 18.4 Å². The topological polar surface area (TPSA) is 101 Å². The molecule has 0 atom stereocenters. The summed E-state index contributed by atoms with van der Waals surface area (Å²) in [5.41, 5.74) is -0.186. The van der Waals surface area contributed by atoms with E-state index in [9.17, 15) is 23.6 Å². The molecule has 1 heterocycles. The summed E-state index contributed by atoms with van der Waals surface area (Å²) in [4.78, 5) is 10.4. The molecule has 3 aromatic rings. The Balaban J connectivity index is 1.63. The van der Waals surface area contributed by atoms with E-state index in [-0.39, 0.29) is 23.9 Å². The minimum absolute atomic E-state index is 0.168. The SMILES string of the molecule is O=[N+]([O-])c1ccccc1S(=O)(=O)N1CCC(C(O)(c2ccccc2)c2ccccc2)CC1.